The van der Waals surface area contributed by atoms with Gasteiger partial charge >= 0.3 is 5.97 Å². The first-order chi connectivity index (χ1) is 6.04. The minimum absolute atomic E-state index is 0.634. The molecule has 3 N–H and O–H groups in total. The van der Waals surface area contributed by atoms with Crippen LogP contribution in [0, 0.1) is 6.92 Å². The third-order valence-corrected chi connectivity index (χ3v) is 2.54. The van der Waals surface area contributed by atoms with Gasteiger partial charge in [-0.25, -0.2) is 0 Å². The van der Waals surface area contributed by atoms with Crippen molar-refractivity contribution in [1.29, 1.82) is 0 Å². The highest BCUT2D eigenvalue weighted by molar-refractivity contribution is 9.10. The Balaban J connectivity index is 3.20. The normalized spacial score (nSPS) is 12.5. The molecule has 4 heteroatoms. The highest BCUT2D eigenvalue weighted by Crippen LogP contribution is 2.25. The number of carbonyl (C=O) groups is 1. The average molecular weight is 244 g/mol. The predicted octanol–water partition coefficient (Wildman–Crippen LogP) is 1.84. The molecule has 0 saturated carbocycles. The summed E-state index contributed by atoms with van der Waals surface area (Å²) in [7, 11) is 0. The topological polar surface area (TPSA) is 63.3 Å². The first-order valence-corrected chi connectivity index (χ1v) is 4.56. The van der Waals surface area contributed by atoms with Gasteiger partial charge in [0.25, 0.3) is 0 Å². The van der Waals surface area contributed by atoms with Gasteiger partial charge in [0.2, 0.25) is 0 Å². The maximum Gasteiger partial charge on any atom is 0.325 e. The maximum absolute atomic E-state index is 10.7. The molecular weight excluding hydrogens is 234 g/mol. The summed E-state index contributed by atoms with van der Waals surface area (Å²) in [5.41, 5.74) is 7.02. The Morgan fingerprint density at radius 1 is 1.62 bits per heavy atom. The third-order valence-electron chi connectivity index (χ3n) is 1.85. The van der Waals surface area contributed by atoms with Gasteiger partial charge in [-0.3, -0.25) is 4.79 Å². The van der Waals surface area contributed by atoms with E-state index in [2.05, 4.69) is 15.9 Å². The molecular formula is C9H10BrNO2. The third kappa shape index (κ3) is 2.08. The minimum atomic E-state index is -1.02. The van der Waals surface area contributed by atoms with Crippen molar-refractivity contribution in [3.63, 3.8) is 0 Å². The number of aliphatic carboxylic acids is 1. The molecule has 0 fully saturated rings. The molecule has 0 bridgehead atoms. The van der Waals surface area contributed by atoms with Crippen LogP contribution in [0.1, 0.15) is 17.2 Å². The van der Waals surface area contributed by atoms with E-state index in [0.717, 1.165) is 10.0 Å². The van der Waals surface area contributed by atoms with Crippen LogP contribution in [0.15, 0.2) is 22.7 Å². The van der Waals surface area contributed by atoms with Gasteiger partial charge < -0.3 is 10.8 Å². The molecule has 0 aliphatic rings. The van der Waals surface area contributed by atoms with Crippen LogP contribution in [0.25, 0.3) is 0 Å². The van der Waals surface area contributed by atoms with Crippen molar-refractivity contribution in [3.05, 3.63) is 33.8 Å². The zero-order valence-electron chi connectivity index (χ0n) is 7.12. The van der Waals surface area contributed by atoms with Crippen molar-refractivity contribution in [2.45, 2.75) is 13.0 Å². The lowest BCUT2D eigenvalue weighted by molar-refractivity contribution is -0.138. The molecule has 3 nitrogen and oxygen atoms in total. The summed E-state index contributed by atoms with van der Waals surface area (Å²) < 4.78 is 0.738. The van der Waals surface area contributed by atoms with Crippen molar-refractivity contribution >= 4 is 21.9 Å². The van der Waals surface area contributed by atoms with Gasteiger partial charge in [0.1, 0.15) is 6.04 Å². The summed E-state index contributed by atoms with van der Waals surface area (Å²) in [5, 5.41) is 8.74. The summed E-state index contributed by atoms with van der Waals surface area (Å²) in [6.07, 6.45) is 0. The van der Waals surface area contributed by atoms with Crippen LogP contribution in [0.3, 0.4) is 0 Å². The summed E-state index contributed by atoms with van der Waals surface area (Å²) >= 11 is 3.27. The molecule has 0 amide bonds. The second kappa shape index (κ2) is 3.89. The van der Waals surface area contributed by atoms with Gasteiger partial charge in [-0.1, -0.05) is 28.1 Å². The number of rotatable bonds is 2. The number of carboxylic acids is 1. The van der Waals surface area contributed by atoms with Crippen molar-refractivity contribution in [1.82, 2.24) is 0 Å². The zero-order chi connectivity index (χ0) is 10.0. The Kier molecular flexibility index (Phi) is 3.06. The maximum atomic E-state index is 10.7. The largest absolute Gasteiger partial charge is 0.480 e. The van der Waals surface area contributed by atoms with E-state index >= 15 is 0 Å². The quantitative estimate of drug-likeness (QED) is 0.834. The summed E-state index contributed by atoms with van der Waals surface area (Å²) in [6.45, 7) is 1.84. The molecule has 0 heterocycles. The highest BCUT2D eigenvalue weighted by atomic mass is 79.9. The van der Waals surface area contributed by atoms with Crippen molar-refractivity contribution in [2.75, 3.05) is 0 Å². The van der Waals surface area contributed by atoms with Gasteiger partial charge in [0.05, 0.1) is 0 Å². The van der Waals surface area contributed by atoms with Crippen molar-refractivity contribution in [2.24, 2.45) is 5.73 Å². The molecule has 70 valence electrons. The number of aryl methyl sites for hydroxylation is 1. The standard InChI is InChI=1S/C9H10BrNO2/c1-5-3-2-4-6(10)7(5)8(11)9(12)13/h2-4,8H,11H2,1H3,(H,12,13). The average Bonchev–Trinajstić information content (AvgIpc) is 2.03. The molecule has 1 rings (SSSR count). The van der Waals surface area contributed by atoms with Crippen LogP contribution in [-0.2, 0) is 4.79 Å². The Hall–Kier alpha value is -0.870. The highest BCUT2D eigenvalue weighted by Gasteiger charge is 2.18. The molecule has 0 aliphatic carbocycles. The number of hydrogen-bond acceptors (Lipinski definition) is 2. The van der Waals surface area contributed by atoms with Gasteiger partial charge in [0.15, 0.2) is 0 Å². The van der Waals surface area contributed by atoms with Crippen LogP contribution < -0.4 is 5.73 Å². The van der Waals surface area contributed by atoms with Gasteiger partial charge in [0, 0.05) is 4.47 Å². The van der Waals surface area contributed by atoms with Crippen LogP contribution in [0.4, 0.5) is 0 Å². The fourth-order valence-corrected chi connectivity index (χ4v) is 1.87. The number of carboxylic acid groups (broad SMARTS) is 1. The monoisotopic (exact) mass is 243 g/mol. The minimum Gasteiger partial charge on any atom is -0.480 e. The van der Waals surface area contributed by atoms with E-state index < -0.39 is 12.0 Å². The molecule has 1 unspecified atom stereocenters. The van der Waals surface area contributed by atoms with Crippen LogP contribution in [0.2, 0.25) is 0 Å². The summed E-state index contributed by atoms with van der Waals surface area (Å²) in [5.74, 6) is -1.02. The van der Waals surface area contributed by atoms with Gasteiger partial charge in [-0.15, -0.1) is 0 Å². The lowest BCUT2D eigenvalue weighted by atomic mass is 10.0. The Bertz CT molecular complexity index is 318. The molecule has 0 saturated heterocycles. The molecule has 0 aromatic heterocycles. The number of hydrogen-bond donors (Lipinski definition) is 2. The van der Waals surface area contributed by atoms with Crippen molar-refractivity contribution in [3.8, 4) is 0 Å². The van der Waals surface area contributed by atoms with E-state index in [1.165, 1.54) is 0 Å². The Morgan fingerprint density at radius 2 is 2.23 bits per heavy atom. The van der Waals surface area contributed by atoms with E-state index in [9.17, 15) is 4.79 Å². The van der Waals surface area contributed by atoms with Crippen LogP contribution in [0.5, 0.6) is 0 Å². The summed E-state index contributed by atoms with van der Waals surface area (Å²) in [6, 6.07) is 4.50. The number of halogens is 1. The fourth-order valence-electron chi connectivity index (χ4n) is 1.16. The van der Waals surface area contributed by atoms with Crippen LogP contribution >= 0.6 is 15.9 Å². The second-order valence-corrected chi connectivity index (χ2v) is 3.64. The SMILES string of the molecule is Cc1cccc(Br)c1C(N)C(=O)O. The predicted molar refractivity (Wildman–Crippen MR) is 53.4 cm³/mol. The number of nitrogens with two attached hydrogens (primary N) is 1. The first kappa shape index (κ1) is 10.2. The molecule has 1 aromatic rings. The van der Waals surface area contributed by atoms with Gasteiger partial charge in [-0.2, -0.15) is 0 Å². The second-order valence-electron chi connectivity index (χ2n) is 2.79. The van der Waals surface area contributed by atoms with E-state index in [1.807, 2.05) is 19.1 Å². The Labute approximate surface area is 84.7 Å². The van der Waals surface area contributed by atoms with Crippen LogP contribution in [-0.4, -0.2) is 11.1 Å². The van der Waals surface area contributed by atoms with Gasteiger partial charge in [-0.05, 0) is 24.1 Å². The van der Waals surface area contributed by atoms with E-state index in [-0.39, 0.29) is 0 Å². The molecule has 1 atom stereocenters. The molecule has 1 aromatic carbocycles. The number of benzene rings is 1. The lowest BCUT2D eigenvalue weighted by Crippen LogP contribution is -2.22. The molecule has 0 radical (unpaired) electrons. The van der Waals surface area contributed by atoms with E-state index in [4.69, 9.17) is 10.8 Å². The lowest BCUT2D eigenvalue weighted by Gasteiger charge is -2.11. The van der Waals surface area contributed by atoms with E-state index in [0.29, 0.717) is 5.56 Å². The fraction of sp³-hybridized carbons (Fsp3) is 0.222. The first-order valence-electron chi connectivity index (χ1n) is 3.77. The summed E-state index contributed by atoms with van der Waals surface area (Å²) in [4.78, 5) is 10.7. The van der Waals surface area contributed by atoms with Crippen molar-refractivity contribution < 1.29 is 9.90 Å². The van der Waals surface area contributed by atoms with E-state index in [1.54, 1.807) is 6.07 Å². The molecule has 0 aliphatic heterocycles. The smallest absolute Gasteiger partial charge is 0.325 e. The molecule has 0 spiro atoms. The zero-order valence-corrected chi connectivity index (χ0v) is 8.71. The Morgan fingerprint density at radius 3 is 2.69 bits per heavy atom. The molecule has 13 heavy (non-hydrogen) atoms.